The molecule has 2 unspecified atom stereocenters. The summed E-state index contributed by atoms with van der Waals surface area (Å²) in [6.07, 6.45) is 5.57. The van der Waals surface area contributed by atoms with E-state index in [4.69, 9.17) is 0 Å². The molecular weight excluding hydrogens is 283 g/mol. The SMILES string of the molecule is CCCCC(C)C(=O)[O-].CCCCC(C)C(=O)[O-].[V+2]. The van der Waals surface area contributed by atoms with E-state index in [0.29, 0.717) is 0 Å². The molecule has 0 saturated heterocycles. The quantitative estimate of drug-likeness (QED) is 0.673. The number of unbranched alkanes of at least 4 members (excludes halogenated alkanes) is 2. The van der Waals surface area contributed by atoms with E-state index in [0.717, 1.165) is 38.5 Å². The van der Waals surface area contributed by atoms with Crippen molar-refractivity contribution in [3.63, 3.8) is 0 Å². The summed E-state index contributed by atoms with van der Waals surface area (Å²) < 4.78 is 0. The molecular formula is C14H26O4V. The van der Waals surface area contributed by atoms with Gasteiger partial charge in [-0.1, -0.05) is 53.4 Å². The van der Waals surface area contributed by atoms with Crippen molar-refractivity contribution in [2.75, 3.05) is 0 Å². The molecule has 0 spiro atoms. The van der Waals surface area contributed by atoms with Gasteiger partial charge in [0.1, 0.15) is 0 Å². The average molecular weight is 309 g/mol. The number of carboxylic acids is 2. The molecule has 0 amide bonds. The maximum Gasteiger partial charge on any atom is 2.00 e. The second kappa shape index (κ2) is 15.6. The summed E-state index contributed by atoms with van der Waals surface area (Å²) in [4.78, 5) is 20.2. The second-order valence-corrected chi connectivity index (χ2v) is 4.72. The van der Waals surface area contributed by atoms with E-state index >= 15 is 0 Å². The molecule has 2 atom stereocenters. The zero-order valence-corrected chi connectivity index (χ0v) is 13.9. The van der Waals surface area contributed by atoms with Gasteiger partial charge in [-0.2, -0.15) is 0 Å². The molecule has 0 aliphatic rings. The Kier molecular flexibility index (Phi) is 19.4. The zero-order chi connectivity index (χ0) is 14.6. The Morgan fingerprint density at radius 1 is 0.842 bits per heavy atom. The molecule has 0 aromatic rings. The molecule has 0 aromatic heterocycles. The molecule has 0 bridgehead atoms. The number of hydrogen-bond acceptors (Lipinski definition) is 4. The first kappa shape index (κ1) is 23.6. The van der Waals surface area contributed by atoms with Crippen molar-refractivity contribution < 1.29 is 38.4 Å². The van der Waals surface area contributed by atoms with Crippen LogP contribution in [0.15, 0.2) is 0 Å². The monoisotopic (exact) mass is 309 g/mol. The molecule has 1 radical (unpaired) electrons. The van der Waals surface area contributed by atoms with Crippen molar-refractivity contribution in [3.05, 3.63) is 0 Å². The van der Waals surface area contributed by atoms with Crippen molar-refractivity contribution in [1.29, 1.82) is 0 Å². The molecule has 0 saturated carbocycles. The summed E-state index contributed by atoms with van der Waals surface area (Å²) in [5, 5.41) is 20.2. The number of carbonyl (C=O) groups is 2. The summed E-state index contributed by atoms with van der Waals surface area (Å²) in [5.74, 6) is -2.40. The topological polar surface area (TPSA) is 80.3 Å². The number of hydrogen-bond donors (Lipinski definition) is 0. The molecule has 0 aromatic carbocycles. The normalized spacial score (nSPS) is 12.4. The molecule has 0 heterocycles. The van der Waals surface area contributed by atoms with Gasteiger partial charge in [-0.3, -0.25) is 0 Å². The smallest absolute Gasteiger partial charge is 0.550 e. The van der Waals surface area contributed by atoms with Crippen LogP contribution in [0.2, 0.25) is 0 Å². The standard InChI is InChI=1S/2C7H14O2.V/c2*1-3-4-5-6(2)7(8)9;/h2*6H,3-5H2,1-2H3,(H,8,9);/q;;+2/p-2. The fraction of sp³-hybridized carbons (Fsp3) is 0.857. The van der Waals surface area contributed by atoms with E-state index in [9.17, 15) is 19.8 Å². The number of carboxylic acid groups (broad SMARTS) is 2. The first-order valence-corrected chi connectivity index (χ1v) is 6.78. The van der Waals surface area contributed by atoms with Crippen LogP contribution in [0.5, 0.6) is 0 Å². The van der Waals surface area contributed by atoms with Crippen LogP contribution in [0.1, 0.15) is 66.2 Å². The second-order valence-electron chi connectivity index (χ2n) is 4.72. The Morgan fingerprint density at radius 3 is 1.26 bits per heavy atom. The average Bonchev–Trinajstić information content (AvgIpc) is 2.33. The Morgan fingerprint density at radius 2 is 1.11 bits per heavy atom. The van der Waals surface area contributed by atoms with E-state index in [1.807, 2.05) is 13.8 Å². The minimum Gasteiger partial charge on any atom is -0.550 e. The van der Waals surface area contributed by atoms with Gasteiger partial charge in [-0.25, -0.2) is 0 Å². The van der Waals surface area contributed by atoms with Crippen LogP contribution in [-0.2, 0) is 28.1 Å². The van der Waals surface area contributed by atoms with Crippen LogP contribution in [0, 0.1) is 11.8 Å². The van der Waals surface area contributed by atoms with E-state index in [1.54, 1.807) is 13.8 Å². The van der Waals surface area contributed by atoms with Crippen LogP contribution in [0.25, 0.3) is 0 Å². The summed E-state index contributed by atoms with van der Waals surface area (Å²) in [7, 11) is 0. The van der Waals surface area contributed by atoms with Crippen LogP contribution in [-0.4, -0.2) is 11.9 Å². The van der Waals surface area contributed by atoms with Crippen molar-refractivity contribution in [3.8, 4) is 0 Å². The fourth-order valence-corrected chi connectivity index (χ4v) is 1.26. The molecule has 0 fully saturated rings. The summed E-state index contributed by atoms with van der Waals surface area (Å²) >= 11 is 0. The maximum absolute atomic E-state index is 10.1. The third-order valence-corrected chi connectivity index (χ3v) is 2.79. The van der Waals surface area contributed by atoms with Crippen LogP contribution < -0.4 is 10.2 Å². The van der Waals surface area contributed by atoms with E-state index in [1.165, 1.54) is 0 Å². The molecule has 0 aliphatic heterocycles. The van der Waals surface area contributed by atoms with E-state index in [2.05, 4.69) is 0 Å². The van der Waals surface area contributed by atoms with Gasteiger partial charge in [0.15, 0.2) is 0 Å². The molecule has 5 heteroatoms. The van der Waals surface area contributed by atoms with Gasteiger partial charge in [-0.05, 0) is 24.7 Å². The number of carbonyl (C=O) groups excluding carboxylic acids is 2. The maximum atomic E-state index is 10.1. The van der Waals surface area contributed by atoms with E-state index in [-0.39, 0.29) is 30.4 Å². The van der Waals surface area contributed by atoms with Crippen molar-refractivity contribution in [2.45, 2.75) is 66.2 Å². The van der Waals surface area contributed by atoms with Gasteiger partial charge in [0.05, 0.1) is 0 Å². The molecule has 4 nitrogen and oxygen atoms in total. The van der Waals surface area contributed by atoms with Gasteiger partial charge in [-0.15, -0.1) is 0 Å². The Labute approximate surface area is 128 Å². The van der Waals surface area contributed by atoms with Crippen LogP contribution >= 0.6 is 0 Å². The van der Waals surface area contributed by atoms with Gasteiger partial charge in [0.2, 0.25) is 0 Å². The van der Waals surface area contributed by atoms with Crippen molar-refractivity contribution in [2.24, 2.45) is 11.8 Å². The summed E-state index contributed by atoms with van der Waals surface area (Å²) in [6, 6.07) is 0. The molecule has 0 aliphatic carbocycles. The largest absolute Gasteiger partial charge is 2.00 e. The van der Waals surface area contributed by atoms with Gasteiger partial charge in [0.25, 0.3) is 0 Å². The zero-order valence-electron chi connectivity index (χ0n) is 12.5. The first-order valence-electron chi connectivity index (χ1n) is 6.78. The minimum absolute atomic E-state index is 0. The predicted molar refractivity (Wildman–Crippen MR) is 67.4 cm³/mol. The van der Waals surface area contributed by atoms with Gasteiger partial charge >= 0.3 is 18.6 Å². The summed E-state index contributed by atoms with van der Waals surface area (Å²) in [6.45, 7) is 7.46. The van der Waals surface area contributed by atoms with Crippen LogP contribution in [0.3, 0.4) is 0 Å². The van der Waals surface area contributed by atoms with Gasteiger partial charge < -0.3 is 19.8 Å². The molecule has 19 heavy (non-hydrogen) atoms. The van der Waals surface area contributed by atoms with Crippen molar-refractivity contribution >= 4 is 11.9 Å². The van der Waals surface area contributed by atoms with E-state index < -0.39 is 11.9 Å². The molecule has 0 N–H and O–H groups in total. The molecule has 0 rings (SSSR count). The third-order valence-electron chi connectivity index (χ3n) is 2.79. The Bertz CT molecular complexity index is 207. The first-order chi connectivity index (χ1) is 8.36. The Balaban J connectivity index is -0.000000256. The summed E-state index contributed by atoms with van der Waals surface area (Å²) in [5.41, 5.74) is 0. The van der Waals surface area contributed by atoms with Crippen molar-refractivity contribution in [1.82, 2.24) is 0 Å². The number of aliphatic carboxylic acids is 2. The number of rotatable bonds is 8. The minimum atomic E-state index is -0.927. The fourth-order valence-electron chi connectivity index (χ4n) is 1.26. The molecule has 111 valence electrons. The third kappa shape index (κ3) is 17.5. The van der Waals surface area contributed by atoms with Gasteiger partial charge in [0, 0.05) is 11.9 Å². The Hall–Kier alpha value is -0.476. The predicted octanol–water partition coefficient (Wildman–Crippen LogP) is 1.12. The van der Waals surface area contributed by atoms with Crippen LogP contribution in [0.4, 0.5) is 0 Å².